The van der Waals surface area contributed by atoms with Crippen LogP contribution in [0.25, 0.3) is 10.9 Å². The fraction of sp³-hybridized carbons (Fsp3) is 0.333. The number of hydrogen-bond acceptors (Lipinski definition) is 8. The highest BCUT2D eigenvalue weighted by Crippen LogP contribution is 2.30. The molecule has 0 radical (unpaired) electrons. The summed E-state index contributed by atoms with van der Waals surface area (Å²) in [6, 6.07) is 11.4. The Labute approximate surface area is 249 Å². The second-order valence-electron chi connectivity index (χ2n) is 10.9. The molecule has 0 aliphatic carbocycles. The molecule has 43 heavy (non-hydrogen) atoms. The molecule has 0 fully saturated rings. The Balaban J connectivity index is 1.62. The van der Waals surface area contributed by atoms with E-state index in [4.69, 9.17) is 4.74 Å². The molecule has 0 saturated heterocycles. The lowest BCUT2D eigenvalue weighted by Gasteiger charge is -2.20. The Hall–Kier alpha value is -4.07. The van der Waals surface area contributed by atoms with Crippen molar-refractivity contribution in [2.45, 2.75) is 29.7 Å². The maximum Gasteiger partial charge on any atom is 0.258 e. The Morgan fingerprint density at radius 3 is 2.42 bits per heavy atom. The van der Waals surface area contributed by atoms with Crippen molar-refractivity contribution in [3.63, 3.8) is 0 Å². The summed E-state index contributed by atoms with van der Waals surface area (Å²) in [4.78, 5) is 14.9. The number of nitrogens with one attached hydrogen (secondary N) is 4. The van der Waals surface area contributed by atoms with E-state index in [1.54, 1.807) is 13.2 Å². The second-order valence-corrected chi connectivity index (χ2v) is 12.8. The van der Waals surface area contributed by atoms with Crippen LogP contribution in [0.3, 0.4) is 0 Å². The van der Waals surface area contributed by atoms with Crippen molar-refractivity contribution in [3.05, 3.63) is 71.8 Å². The SMILES string of the molecule is COC[C@H](C)Nc1cc(NCC(C)CN(C)C)ccc1C(=O)Nc1n[nH]c2ccc(S(=O)(=O)c3cc(F)cc(F)c3)cc12. The van der Waals surface area contributed by atoms with Crippen LogP contribution in [0, 0.1) is 17.6 Å². The number of methoxy groups -OCH3 is 1. The van der Waals surface area contributed by atoms with Gasteiger partial charge in [0.25, 0.3) is 5.91 Å². The van der Waals surface area contributed by atoms with Crippen molar-refractivity contribution in [1.82, 2.24) is 15.1 Å². The summed E-state index contributed by atoms with van der Waals surface area (Å²) in [7, 11) is 1.38. The van der Waals surface area contributed by atoms with Crippen molar-refractivity contribution in [2.24, 2.45) is 5.92 Å². The van der Waals surface area contributed by atoms with E-state index < -0.39 is 32.3 Å². The summed E-state index contributed by atoms with van der Waals surface area (Å²) in [5, 5.41) is 16.7. The van der Waals surface area contributed by atoms with E-state index in [2.05, 4.69) is 38.0 Å². The molecule has 2 atom stereocenters. The first-order chi connectivity index (χ1) is 20.4. The van der Waals surface area contributed by atoms with Crippen LogP contribution in [0.15, 0.2) is 64.4 Å². The molecule has 4 rings (SSSR count). The number of aromatic nitrogens is 2. The van der Waals surface area contributed by atoms with Crippen molar-refractivity contribution in [1.29, 1.82) is 0 Å². The summed E-state index contributed by atoms with van der Waals surface area (Å²) < 4.78 is 59.1. The van der Waals surface area contributed by atoms with Crippen molar-refractivity contribution in [2.75, 3.05) is 56.9 Å². The predicted molar refractivity (Wildman–Crippen MR) is 163 cm³/mol. The first-order valence-electron chi connectivity index (χ1n) is 13.7. The molecule has 3 aromatic carbocycles. The molecule has 0 bridgehead atoms. The molecule has 0 aliphatic rings. The molecule has 10 nitrogen and oxygen atoms in total. The van der Waals surface area contributed by atoms with Crippen LogP contribution in [-0.4, -0.2) is 76.4 Å². The highest BCUT2D eigenvalue weighted by Gasteiger charge is 2.22. The standard InChI is InChI=1S/C30H36F2N6O4S/c1-18(16-38(3)4)15-33-22-6-8-25(28(13-22)34-19(2)17-42-5)30(39)35-29-26-14-23(7-9-27(26)36-37-29)43(40,41)24-11-20(31)10-21(32)12-24/h6-14,18-19,33-34H,15-17H2,1-5H3,(H2,35,36,37,39)/t18?,19-/m0/s1. The fourth-order valence-corrected chi connectivity index (χ4v) is 6.09. The highest BCUT2D eigenvalue weighted by atomic mass is 32.2. The number of carbonyl (C=O) groups excluding carboxylic acids is 1. The van der Waals surface area contributed by atoms with Gasteiger partial charge in [0.1, 0.15) is 11.6 Å². The quantitative estimate of drug-likeness (QED) is 0.166. The lowest BCUT2D eigenvalue weighted by molar-refractivity contribution is 0.102. The summed E-state index contributed by atoms with van der Waals surface area (Å²) in [5.74, 6) is -2.01. The van der Waals surface area contributed by atoms with E-state index in [9.17, 15) is 22.0 Å². The first-order valence-corrected chi connectivity index (χ1v) is 15.1. The molecule has 0 saturated carbocycles. The van der Waals surface area contributed by atoms with Gasteiger partial charge in [-0.2, -0.15) is 5.10 Å². The maximum absolute atomic E-state index is 13.8. The minimum Gasteiger partial charge on any atom is -0.385 e. The largest absolute Gasteiger partial charge is 0.385 e. The molecule has 4 aromatic rings. The minimum atomic E-state index is -4.27. The smallest absolute Gasteiger partial charge is 0.258 e. The van der Waals surface area contributed by atoms with Crippen LogP contribution < -0.4 is 16.0 Å². The summed E-state index contributed by atoms with van der Waals surface area (Å²) in [6.07, 6.45) is 0. The third-order valence-electron chi connectivity index (χ3n) is 6.64. The average molecular weight is 615 g/mol. The van der Waals surface area contributed by atoms with Gasteiger partial charge < -0.3 is 25.6 Å². The highest BCUT2D eigenvalue weighted by molar-refractivity contribution is 7.91. The number of sulfone groups is 1. The first kappa shape index (κ1) is 31.9. The van der Waals surface area contributed by atoms with Crippen LogP contribution in [0.4, 0.5) is 26.0 Å². The van der Waals surface area contributed by atoms with Gasteiger partial charge in [-0.3, -0.25) is 9.89 Å². The summed E-state index contributed by atoms with van der Waals surface area (Å²) in [5.41, 5.74) is 2.20. The van der Waals surface area contributed by atoms with Crippen molar-refractivity contribution < 1.29 is 26.7 Å². The number of halogens is 2. The van der Waals surface area contributed by atoms with Gasteiger partial charge >= 0.3 is 0 Å². The van der Waals surface area contributed by atoms with Crippen LogP contribution in [-0.2, 0) is 14.6 Å². The van der Waals surface area contributed by atoms with Gasteiger partial charge in [-0.05, 0) is 75.5 Å². The van der Waals surface area contributed by atoms with Gasteiger partial charge in [-0.1, -0.05) is 6.92 Å². The third kappa shape index (κ3) is 7.86. The zero-order valence-corrected chi connectivity index (χ0v) is 25.5. The van der Waals surface area contributed by atoms with Gasteiger partial charge in [0.05, 0.1) is 27.5 Å². The van der Waals surface area contributed by atoms with E-state index >= 15 is 0 Å². The molecular formula is C30H36F2N6O4S. The van der Waals surface area contributed by atoms with Crippen LogP contribution in [0.1, 0.15) is 24.2 Å². The van der Waals surface area contributed by atoms with E-state index in [0.717, 1.165) is 30.9 Å². The Kier molecular flexibility index (Phi) is 9.99. The van der Waals surface area contributed by atoms with Gasteiger partial charge in [0, 0.05) is 49.1 Å². The molecule has 0 spiro atoms. The lowest BCUT2D eigenvalue weighted by Crippen LogP contribution is -2.25. The average Bonchev–Trinajstić information content (AvgIpc) is 3.33. The predicted octanol–water partition coefficient (Wildman–Crippen LogP) is 4.98. The number of amides is 1. The fourth-order valence-electron chi connectivity index (χ4n) is 4.76. The van der Waals surface area contributed by atoms with Gasteiger partial charge in [0.2, 0.25) is 9.84 Å². The second kappa shape index (κ2) is 13.5. The van der Waals surface area contributed by atoms with Crippen LogP contribution in [0.2, 0.25) is 0 Å². The molecule has 1 amide bonds. The molecular weight excluding hydrogens is 578 g/mol. The maximum atomic E-state index is 13.8. The number of nitrogens with zero attached hydrogens (tertiary/aromatic N) is 2. The normalized spacial score (nSPS) is 13.2. The molecule has 13 heteroatoms. The summed E-state index contributed by atoms with van der Waals surface area (Å²) in [6.45, 7) is 6.15. The van der Waals surface area contributed by atoms with Crippen LogP contribution >= 0.6 is 0 Å². The monoisotopic (exact) mass is 614 g/mol. The molecule has 4 N–H and O–H groups in total. The number of aromatic amines is 1. The molecule has 1 heterocycles. The van der Waals surface area contributed by atoms with Gasteiger partial charge in [-0.15, -0.1) is 0 Å². The number of H-pyrrole nitrogens is 1. The molecule has 1 unspecified atom stereocenters. The third-order valence-corrected chi connectivity index (χ3v) is 8.37. The number of carbonyl (C=O) groups is 1. The van der Waals surface area contributed by atoms with Crippen molar-refractivity contribution >= 4 is 43.8 Å². The lowest BCUT2D eigenvalue weighted by atomic mass is 10.1. The zero-order valence-electron chi connectivity index (χ0n) is 24.7. The van der Waals surface area contributed by atoms with E-state index in [0.29, 0.717) is 40.7 Å². The number of benzene rings is 3. The number of rotatable bonds is 13. The van der Waals surface area contributed by atoms with Gasteiger partial charge in [-0.25, -0.2) is 17.2 Å². The Morgan fingerprint density at radius 2 is 1.74 bits per heavy atom. The zero-order chi connectivity index (χ0) is 31.3. The molecule has 230 valence electrons. The number of fused-ring (bicyclic) bond motifs is 1. The summed E-state index contributed by atoms with van der Waals surface area (Å²) >= 11 is 0. The van der Waals surface area contributed by atoms with E-state index in [1.165, 1.54) is 18.2 Å². The number of hydrogen-bond donors (Lipinski definition) is 4. The molecule has 0 aliphatic heterocycles. The number of anilines is 3. The van der Waals surface area contributed by atoms with E-state index in [-0.39, 0.29) is 16.8 Å². The minimum absolute atomic E-state index is 0.0954. The molecule has 1 aromatic heterocycles. The van der Waals surface area contributed by atoms with Crippen LogP contribution in [0.5, 0.6) is 0 Å². The Bertz CT molecular complexity index is 1690. The van der Waals surface area contributed by atoms with E-state index in [1.807, 2.05) is 33.2 Å². The Morgan fingerprint density at radius 1 is 1.02 bits per heavy atom. The van der Waals surface area contributed by atoms with Gasteiger partial charge in [0.15, 0.2) is 5.82 Å². The topological polar surface area (TPSA) is 128 Å². The van der Waals surface area contributed by atoms with Crippen molar-refractivity contribution in [3.8, 4) is 0 Å². The number of ether oxygens (including phenoxy) is 1.